The van der Waals surface area contributed by atoms with Crippen LogP contribution >= 0.6 is 0 Å². The summed E-state index contributed by atoms with van der Waals surface area (Å²) in [4.78, 5) is 18.1. The highest BCUT2D eigenvalue weighted by atomic mass is 19.4. The van der Waals surface area contributed by atoms with Crippen LogP contribution in [0.3, 0.4) is 0 Å². The lowest BCUT2D eigenvalue weighted by molar-refractivity contribution is -0.138. The van der Waals surface area contributed by atoms with Crippen molar-refractivity contribution in [1.82, 2.24) is 9.88 Å². The summed E-state index contributed by atoms with van der Waals surface area (Å²) in [6.07, 6.45) is -1.46. The second-order valence-corrected chi connectivity index (χ2v) is 7.81. The van der Waals surface area contributed by atoms with E-state index in [1.807, 2.05) is 18.3 Å². The number of benzene rings is 2. The first-order valence-electron chi connectivity index (χ1n) is 10.5. The Labute approximate surface area is 179 Å². The van der Waals surface area contributed by atoms with Crippen molar-refractivity contribution in [3.05, 3.63) is 70.9 Å². The molecule has 164 valence electrons. The zero-order valence-corrected chi connectivity index (χ0v) is 17.3. The standard InChI is InChI=1S/C24H25F3N2O2/c1-2-16-4-3-5-19-21(15-28-23(16)19)20(14-22(30)29-10-12-31-13-11-29)17-6-8-18(9-7-17)24(25,26)27/h3-9,15,20,28H,2,10-14H2,1H3/t20-/m1/s1. The Bertz CT molecular complexity index is 1050. The fourth-order valence-electron chi connectivity index (χ4n) is 4.25. The quantitative estimate of drug-likeness (QED) is 0.610. The second kappa shape index (κ2) is 8.75. The molecule has 1 atom stereocenters. The summed E-state index contributed by atoms with van der Waals surface area (Å²) >= 11 is 0. The number of rotatable bonds is 5. The van der Waals surface area contributed by atoms with Gasteiger partial charge in [-0.1, -0.05) is 37.3 Å². The molecular weight excluding hydrogens is 405 g/mol. The Morgan fingerprint density at radius 3 is 2.48 bits per heavy atom. The van der Waals surface area contributed by atoms with Crippen molar-refractivity contribution in [2.24, 2.45) is 0 Å². The van der Waals surface area contributed by atoms with Gasteiger partial charge in [0.25, 0.3) is 0 Å². The van der Waals surface area contributed by atoms with E-state index in [1.165, 1.54) is 12.1 Å². The summed E-state index contributed by atoms with van der Waals surface area (Å²) in [5.41, 5.74) is 3.09. The molecule has 1 fully saturated rings. The highest BCUT2D eigenvalue weighted by molar-refractivity contribution is 5.88. The van der Waals surface area contributed by atoms with E-state index >= 15 is 0 Å². The van der Waals surface area contributed by atoms with Crippen LogP contribution < -0.4 is 0 Å². The average molecular weight is 430 g/mol. The molecule has 0 saturated carbocycles. The van der Waals surface area contributed by atoms with E-state index in [1.54, 1.807) is 4.90 Å². The number of halogens is 3. The van der Waals surface area contributed by atoms with E-state index in [9.17, 15) is 18.0 Å². The van der Waals surface area contributed by atoms with Gasteiger partial charge in [-0.25, -0.2) is 0 Å². The van der Waals surface area contributed by atoms with E-state index in [0.29, 0.717) is 31.9 Å². The van der Waals surface area contributed by atoms with E-state index in [4.69, 9.17) is 4.74 Å². The SMILES string of the molecule is CCc1cccc2c([C@H](CC(=O)N3CCOCC3)c3ccc(C(F)(F)F)cc3)c[nH]c12. The minimum absolute atomic E-state index is 0.0193. The third-order valence-corrected chi connectivity index (χ3v) is 5.97. The summed E-state index contributed by atoms with van der Waals surface area (Å²) in [5.74, 6) is -0.368. The summed E-state index contributed by atoms with van der Waals surface area (Å²) in [7, 11) is 0. The number of carbonyl (C=O) groups excluding carboxylic acids is 1. The number of morpholine rings is 1. The molecule has 7 heteroatoms. The van der Waals surface area contributed by atoms with Gasteiger partial charge in [0.05, 0.1) is 18.8 Å². The number of H-pyrrole nitrogens is 1. The van der Waals surface area contributed by atoms with Gasteiger partial charge in [-0.2, -0.15) is 13.2 Å². The van der Waals surface area contributed by atoms with Crippen LogP contribution in [0.1, 0.15) is 41.5 Å². The molecule has 0 bridgehead atoms. The van der Waals surface area contributed by atoms with Crippen LogP contribution in [0.25, 0.3) is 10.9 Å². The van der Waals surface area contributed by atoms with Gasteiger partial charge >= 0.3 is 6.18 Å². The van der Waals surface area contributed by atoms with Crippen molar-refractivity contribution in [3.8, 4) is 0 Å². The van der Waals surface area contributed by atoms with E-state index in [-0.39, 0.29) is 18.2 Å². The van der Waals surface area contributed by atoms with Gasteiger partial charge < -0.3 is 14.6 Å². The van der Waals surface area contributed by atoms with Gasteiger partial charge in [-0.05, 0) is 35.2 Å². The summed E-state index contributed by atoms with van der Waals surface area (Å²) in [6.45, 7) is 4.15. The Morgan fingerprint density at radius 2 is 1.84 bits per heavy atom. The van der Waals surface area contributed by atoms with Crippen LogP contribution in [0.4, 0.5) is 13.2 Å². The maximum absolute atomic E-state index is 13.1. The van der Waals surface area contributed by atoms with Gasteiger partial charge in [-0.15, -0.1) is 0 Å². The molecule has 1 amide bonds. The number of fused-ring (bicyclic) bond motifs is 1. The number of aryl methyl sites for hydroxylation is 1. The molecule has 1 aromatic heterocycles. The monoisotopic (exact) mass is 430 g/mol. The average Bonchev–Trinajstić information content (AvgIpc) is 3.21. The van der Waals surface area contributed by atoms with Crippen molar-refractivity contribution in [2.45, 2.75) is 31.9 Å². The molecule has 1 aliphatic heterocycles. The molecule has 4 nitrogen and oxygen atoms in total. The molecule has 0 spiro atoms. The number of ether oxygens (including phenoxy) is 1. The van der Waals surface area contributed by atoms with Gasteiger partial charge in [0.15, 0.2) is 0 Å². The highest BCUT2D eigenvalue weighted by Crippen LogP contribution is 2.37. The normalized spacial score (nSPS) is 15.9. The van der Waals surface area contributed by atoms with E-state index in [0.717, 1.165) is 40.6 Å². The van der Waals surface area contributed by atoms with Gasteiger partial charge in [0, 0.05) is 42.5 Å². The number of amides is 1. The lowest BCUT2D eigenvalue weighted by Gasteiger charge is -2.29. The van der Waals surface area contributed by atoms with Crippen molar-refractivity contribution in [1.29, 1.82) is 0 Å². The molecule has 1 aliphatic rings. The number of alkyl halides is 3. The van der Waals surface area contributed by atoms with Gasteiger partial charge in [0.1, 0.15) is 0 Å². The summed E-state index contributed by atoms with van der Waals surface area (Å²) in [5, 5.41) is 0.999. The van der Waals surface area contributed by atoms with E-state index < -0.39 is 11.7 Å². The summed E-state index contributed by atoms with van der Waals surface area (Å²) in [6, 6.07) is 11.2. The fourth-order valence-corrected chi connectivity index (χ4v) is 4.25. The molecule has 3 aromatic rings. The maximum atomic E-state index is 13.1. The zero-order chi connectivity index (χ0) is 22.0. The fraction of sp³-hybridized carbons (Fsp3) is 0.375. The largest absolute Gasteiger partial charge is 0.416 e. The summed E-state index contributed by atoms with van der Waals surface area (Å²) < 4.78 is 44.5. The van der Waals surface area contributed by atoms with Gasteiger partial charge in [0.2, 0.25) is 5.91 Å². The molecule has 0 unspecified atom stereocenters. The second-order valence-electron chi connectivity index (χ2n) is 7.81. The Kier molecular flexibility index (Phi) is 6.05. The number of nitrogens with zero attached hydrogens (tertiary/aromatic N) is 1. The first-order chi connectivity index (χ1) is 14.9. The minimum Gasteiger partial charge on any atom is -0.378 e. The molecular formula is C24H25F3N2O2. The van der Waals surface area contributed by atoms with Crippen molar-refractivity contribution >= 4 is 16.8 Å². The lowest BCUT2D eigenvalue weighted by Crippen LogP contribution is -2.41. The molecule has 4 rings (SSSR count). The molecule has 1 N–H and O–H groups in total. The first-order valence-corrected chi connectivity index (χ1v) is 10.5. The van der Waals surface area contributed by atoms with Gasteiger partial charge in [-0.3, -0.25) is 4.79 Å². The number of hydrogen-bond donors (Lipinski definition) is 1. The smallest absolute Gasteiger partial charge is 0.378 e. The Balaban J connectivity index is 1.73. The Morgan fingerprint density at radius 1 is 1.13 bits per heavy atom. The van der Waals surface area contributed by atoms with Crippen molar-refractivity contribution < 1.29 is 22.7 Å². The Hall–Kier alpha value is -2.80. The molecule has 2 aromatic carbocycles. The van der Waals surface area contributed by atoms with E-state index in [2.05, 4.69) is 18.0 Å². The number of aromatic amines is 1. The number of para-hydroxylation sites is 1. The third-order valence-electron chi connectivity index (χ3n) is 5.97. The van der Waals surface area contributed by atoms with Crippen LogP contribution in [-0.4, -0.2) is 42.1 Å². The molecule has 2 heterocycles. The predicted octanol–water partition coefficient (Wildman–Crippen LogP) is 5.13. The molecule has 0 radical (unpaired) electrons. The van der Waals surface area contributed by atoms with Crippen LogP contribution in [0, 0.1) is 0 Å². The third kappa shape index (κ3) is 4.46. The molecule has 0 aliphatic carbocycles. The zero-order valence-electron chi connectivity index (χ0n) is 17.3. The maximum Gasteiger partial charge on any atom is 0.416 e. The van der Waals surface area contributed by atoms with Crippen LogP contribution in [0.2, 0.25) is 0 Å². The minimum atomic E-state index is -4.39. The lowest BCUT2D eigenvalue weighted by atomic mass is 9.87. The first kappa shape index (κ1) is 21.4. The topological polar surface area (TPSA) is 45.3 Å². The van der Waals surface area contributed by atoms with Crippen LogP contribution in [0.15, 0.2) is 48.7 Å². The van der Waals surface area contributed by atoms with Crippen LogP contribution in [0.5, 0.6) is 0 Å². The van der Waals surface area contributed by atoms with Crippen LogP contribution in [-0.2, 0) is 22.1 Å². The number of aromatic nitrogens is 1. The highest BCUT2D eigenvalue weighted by Gasteiger charge is 2.31. The number of hydrogen-bond acceptors (Lipinski definition) is 2. The predicted molar refractivity (Wildman–Crippen MR) is 113 cm³/mol. The van der Waals surface area contributed by atoms with Crippen molar-refractivity contribution in [3.63, 3.8) is 0 Å². The number of nitrogens with one attached hydrogen (secondary N) is 1. The molecule has 31 heavy (non-hydrogen) atoms. The molecule has 1 saturated heterocycles. The van der Waals surface area contributed by atoms with Crippen molar-refractivity contribution in [2.75, 3.05) is 26.3 Å². The number of carbonyl (C=O) groups is 1.